The highest BCUT2D eigenvalue weighted by atomic mass is 16.6. The number of piperidine rings is 2. The Balaban J connectivity index is 0.963. The fourth-order valence-corrected chi connectivity index (χ4v) is 8.20. The number of aryl methyl sites for hydroxylation is 1. The molecule has 6 heterocycles. The number of pyridine rings is 1. The molecule has 2 unspecified atom stereocenters. The van der Waals surface area contributed by atoms with Crippen LogP contribution < -0.4 is 14.4 Å². The van der Waals surface area contributed by atoms with Gasteiger partial charge < -0.3 is 19.1 Å². The maximum absolute atomic E-state index is 12.8. The van der Waals surface area contributed by atoms with E-state index in [2.05, 4.69) is 40.1 Å². The van der Waals surface area contributed by atoms with E-state index < -0.39 is 5.60 Å². The quantitative estimate of drug-likeness (QED) is 0.146. The summed E-state index contributed by atoms with van der Waals surface area (Å²) in [7, 11) is 2.03. The lowest BCUT2D eigenvalue weighted by molar-refractivity contribution is -0.0793. The molecule has 5 aromatic rings. The zero-order valence-corrected chi connectivity index (χ0v) is 31.3. The molecular weight excluding hydrogens is 665 g/mol. The predicted octanol–water partition coefficient (Wildman–Crippen LogP) is 7.70. The molecule has 2 bridgehead atoms. The van der Waals surface area contributed by atoms with Crippen molar-refractivity contribution >= 4 is 22.7 Å². The van der Waals surface area contributed by atoms with E-state index in [1.807, 2.05) is 98.1 Å². The van der Waals surface area contributed by atoms with Crippen molar-refractivity contribution in [3.8, 4) is 23.0 Å². The van der Waals surface area contributed by atoms with Gasteiger partial charge in [-0.25, -0.2) is 4.79 Å². The van der Waals surface area contributed by atoms with Gasteiger partial charge in [0, 0.05) is 51.2 Å². The smallest absolute Gasteiger partial charge is 0.410 e. The summed E-state index contributed by atoms with van der Waals surface area (Å²) in [5.74, 6) is 1.64. The number of aromatic nitrogens is 3. The van der Waals surface area contributed by atoms with Crippen molar-refractivity contribution in [1.82, 2.24) is 24.6 Å². The zero-order chi connectivity index (χ0) is 36.5. The third-order valence-electron chi connectivity index (χ3n) is 10.7. The molecule has 10 heteroatoms. The number of anilines is 1. The van der Waals surface area contributed by atoms with Crippen LogP contribution in [0.15, 0.2) is 91.0 Å². The van der Waals surface area contributed by atoms with E-state index in [1.54, 1.807) is 0 Å². The van der Waals surface area contributed by atoms with E-state index in [-0.39, 0.29) is 18.2 Å². The van der Waals surface area contributed by atoms with Crippen molar-refractivity contribution in [3.63, 3.8) is 0 Å². The minimum atomic E-state index is -0.461. The lowest BCUT2D eigenvalue weighted by Crippen LogP contribution is -2.70. The number of amides is 1. The molecule has 0 saturated carbocycles. The molecule has 2 atom stereocenters. The summed E-state index contributed by atoms with van der Waals surface area (Å²) in [6.45, 7) is 11.6. The van der Waals surface area contributed by atoms with Crippen molar-refractivity contribution in [2.75, 3.05) is 37.6 Å². The number of rotatable bonds is 10. The molecule has 1 amide bonds. The Morgan fingerprint density at radius 2 is 1.47 bits per heavy atom. The first-order valence-corrected chi connectivity index (χ1v) is 19.0. The van der Waals surface area contributed by atoms with Gasteiger partial charge >= 0.3 is 6.09 Å². The minimum absolute atomic E-state index is 0.156. The summed E-state index contributed by atoms with van der Waals surface area (Å²) < 4.78 is 20.2. The summed E-state index contributed by atoms with van der Waals surface area (Å²) in [4.78, 5) is 24.7. The van der Waals surface area contributed by atoms with E-state index in [4.69, 9.17) is 24.3 Å². The number of para-hydroxylation sites is 1. The second kappa shape index (κ2) is 14.7. The molecule has 0 N–H and O–H groups in total. The molecule has 276 valence electrons. The molecular formula is C43H50N6O4. The van der Waals surface area contributed by atoms with Crippen LogP contribution in [-0.4, -0.2) is 81.1 Å². The van der Waals surface area contributed by atoms with Gasteiger partial charge in [0.1, 0.15) is 24.5 Å². The largest absolute Gasteiger partial charge is 0.473 e. The van der Waals surface area contributed by atoms with Crippen LogP contribution in [0.3, 0.4) is 0 Å². The van der Waals surface area contributed by atoms with Gasteiger partial charge in [0.2, 0.25) is 11.8 Å². The van der Waals surface area contributed by atoms with Crippen LogP contribution in [0, 0.1) is 5.92 Å². The maximum atomic E-state index is 12.8. The second-order valence-corrected chi connectivity index (χ2v) is 15.8. The Hall–Kier alpha value is -5.09. The van der Waals surface area contributed by atoms with E-state index in [0.717, 1.165) is 85.3 Å². The van der Waals surface area contributed by atoms with Crippen LogP contribution in [0.1, 0.15) is 51.2 Å². The first kappa shape index (κ1) is 35.0. The highest BCUT2D eigenvalue weighted by Gasteiger charge is 2.49. The first-order chi connectivity index (χ1) is 25.7. The van der Waals surface area contributed by atoms with Gasteiger partial charge in [-0.3, -0.25) is 14.5 Å². The monoisotopic (exact) mass is 714 g/mol. The number of fused-ring (bicyclic) bond motifs is 3. The van der Waals surface area contributed by atoms with Crippen molar-refractivity contribution < 1.29 is 19.0 Å². The van der Waals surface area contributed by atoms with Gasteiger partial charge in [0.25, 0.3) is 0 Å². The van der Waals surface area contributed by atoms with Crippen LogP contribution in [0.25, 0.3) is 22.2 Å². The second-order valence-electron chi connectivity index (χ2n) is 15.8. The Labute approximate surface area is 312 Å². The summed E-state index contributed by atoms with van der Waals surface area (Å²) in [5, 5.41) is 6.15. The molecule has 3 aromatic carbocycles. The Kier molecular flexibility index (Phi) is 9.72. The number of carbonyl (C=O) groups is 1. The van der Waals surface area contributed by atoms with Gasteiger partial charge in [-0.15, -0.1) is 0 Å². The summed E-state index contributed by atoms with van der Waals surface area (Å²) in [6, 6.07) is 31.2. The minimum Gasteiger partial charge on any atom is -0.473 e. The average Bonchev–Trinajstić information content (AvgIpc) is 3.49. The Morgan fingerprint density at radius 1 is 0.811 bits per heavy atom. The van der Waals surface area contributed by atoms with Crippen molar-refractivity contribution in [3.05, 3.63) is 102 Å². The molecule has 4 aliphatic heterocycles. The van der Waals surface area contributed by atoms with E-state index >= 15 is 0 Å². The molecule has 9 rings (SSSR count). The van der Waals surface area contributed by atoms with Crippen molar-refractivity contribution in [2.24, 2.45) is 13.0 Å². The van der Waals surface area contributed by atoms with Crippen LogP contribution in [0.4, 0.5) is 10.5 Å². The number of carbonyl (C=O) groups excluding carboxylic acids is 1. The number of nitrogens with zero attached hydrogens (tertiary/aromatic N) is 6. The normalized spacial score (nSPS) is 19.2. The lowest BCUT2D eigenvalue weighted by atomic mass is 9.86. The molecule has 4 fully saturated rings. The fraction of sp³-hybridized carbons (Fsp3) is 0.419. The summed E-state index contributed by atoms with van der Waals surface area (Å²) >= 11 is 0. The van der Waals surface area contributed by atoms with Crippen molar-refractivity contribution in [1.29, 1.82) is 0 Å². The molecule has 4 saturated heterocycles. The maximum Gasteiger partial charge on any atom is 0.410 e. The standard InChI is InChI=1S/C43H50N6O4/c1-43(2,3)53-42(50)49-33-24-34(49)27-47(26-33)25-30-20-22-48(23-21-30)37-17-11-16-35-39(45-46(4)40(35)37)36-18-19-38(51-28-31-12-7-5-8-13-31)44-41(36)52-29-32-14-9-6-10-15-32/h5-19,30,33-34H,20-29H2,1-4H3. The van der Waals surface area contributed by atoms with Gasteiger partial charge in [0.15, 0.2) is 0 Å². The number of ether oxygens (including phenoxy) is 3. The van der Waals surface area contributed by atoms with Crippen LogP contribution in [-0.2, 0) is 25.0 Å². The molecule has 53 heavy (non-hydrogen) atoms. The molecule has 4 aliphatic rings. The molecule has 2 aromatic heterocycles. The third-order valence-corrected chi connectivity index (χ3v) is 10.7. The van der Waals surface area contributed by atoms with Crippen LogP contribution in [0.2, 0.25) is 0 Å². The van der Waals surface area contributed by atoms with Gasteiger partial charge in [-0.2, -0.15) is 10.1 Å². The molecule has 10 nitrogen and oxygen atoms in total. The number of hydrogen-bond acceptors (Lipinski definition) is 8. The Morgan fingerprint density at radius 3 is 2.13 bits per heavy atom. The summed E-state index contributed by atoms with van der Waals surface area (Å²) in [5.41, 5.74) is 5.67. The third kappa shape index (κ3) is 7.69. The SMILES string of the molecule is Cn1nc(-c2ccc(OCc3ccccc3)nc2OCc2ccccc2)c2cccc(N3CCC(CN4CC5CC(C4)N5C(=O)OC(C)(C)C)CC3)c21. The van der Waals surface area contributed by atoms with Crippen LogP contribution in [0.5, 0.6) is 11.8 Å². The number of piperazine rings is 1. The predicted molar refractivity (Wildman–Crippen MR) is 207 cm³/mol. The number of hydrogen-bond donors (Lipinski definition) is 0. The molecule has 0 spiro atoms. The van der Waals surface area contributed by atoms with E-state index in [1.165, 1.54) is 5.69 Å². The van der Waals surface area contributed by atoms with Gasteiger partial charge in [0.05, 0.1) is 28.9 Å². The van der Waals surface area contributed by atoms with Crippen LogP contribution >= 0.6 is 0 Å². The summed E-state index contributed by atoms with van der Waals surface area (Å²) in [6.07, 6.45) is 3.20. The van der Waals surface area contributed by atoms with E-state index in [9.17, 15) is 4.79 Å². The average molecular weight is 715 g/mol. The van der Waals surface area contributed by atoms with Crippen molar-refractivity contribution in [2.45, 2.75) is 70.9 Å². The topological polar surface area (TPSA) is 85.2 Å². The molecule has 0 radical (unpaired) electrons. The van der Waals surface area contributed by atoms with E-state index in [0.29, 0.717) is 30.9 Å². The van der Waals surface area contributed by atoms with Gasteiger partial charge in [-0.1, -0.05) is 72.8 Å². The molecule has 0 aliphatic carbocycles. The highest BCUT2D eigenvalue weighted by Crippen LogP contribution is 2.40. The Bertz CT molecular complexity index is 2020. The van der Waals surface area contributed by atoms with Gasteiger partial charge in [-0.05, 0) is 69.2 Å². The fourth-order valence-electron chi connectivity index (χ4n) is 8.20. The highest BCUT2D eigenvalue weighted by molar-refractivity contribution is 6.01. The first-order valence-electron chi connectivity index (χ1n) is 19.0. The zero-order valence-electron chi connectivity index (χ0n) is 31.3. The lowest BCUT2D eigenvalue weighted by Gasteiger charge is -2.56. The number of benzene rings is 3.